The van der Waals surface area contributed by atoms with E-state index < -0.39 is 0 Å². The standard InChI is InChI=1S/C14H21N3O2/c1-10(18)11-7-13(16(3)8-11)14(19)17-6-4-5-12(9-17)15-2/h7-8,12,15H,4-6,9H2,1-3H3. The fourth-order valence-corrected chi connectivity index (χ4v) is 2.53. The Morgan fingerprint density at radius 2 is 2.16 bits per heavy atom. The molecule has 1 aromatic heterocycles. The minimum atomic E-state index is -0.0126. The average molecular weight is 263 g/mol. The van der Waals surface area contributed by atoms with E-state index in [1.807, 2.05) is 11.9 Å². The maximum absolute atomic E-state index is 12.5. The van der Waals surface area contributed by atoms with Crippen LogP contribution in [0.4, 0.5) is 0 Å². The molecule has 0 spiro atoms. The van der Waals surface area contributed by atoms with E-state index in [2.05, 4.69) is 5.32 Å². The first kappa shape index (κ1) is 13.8. The number of hydrogen-bond acceptors (Lipinski definition) is 3. The van der Waals surface area contributed by atoms with Gasteiger partial charge in [-0.15, -0.1) is 0 Å². The van der Waals surface area contributed by atoms with Gasteiger partial charge in [-0.3, -0.25) is 9.59 Å². The lowest BCUT2D eigenvalue weighted by molar-refractivity contribution is 0.0688. The zero-order chi connectivity index (χ0) is 14.0. The topological polar surface area (TPSA) is 54.3 Å². The third-order valence-corrected chi connectivity index (χ3v) is 3.75. The van der Waals surface area contributed by atoms with Crippen LogP contribution in [0.15, 0.2) is 12.3 Å². The van der Waals surface area contributed by atoms with E-state index in [1.54, 1.807) is 23.9 Å². The highest BCUT2D eigenvalue weighted by atomic mass is 16.2. The van der Waals surface area contributed by atoms with Crippen LogP contribution in [0.3, 0.4) is 0 Å². The summed E-state index contributed by atoms with van der Waals surface area (Å²) in [4.78, 5) is 25.7. The summed E-state index contributed by atoms with van der Waals surface area (Å²) in [5.74, 6) is -0.00338. The summed E-state index contributed by atoms with van der Waals surface area (Å²) < 4.78 is 1.74. The molecule has 104 valence electrons. The van der Waals surface area contributed by atoms with E-state index in [4.69, 9.17) is 0 Å². The lowest BCUT2D eigenvalue weighted by atomic mass is 10.1. The Morgan fingerprint density at radius 3 is 2.74 bits per heavy atom. The van der Waals surface area contributed by atoms with Crippen molar-refractivity contribution in [2.24, 2.45) is 7.05 Å². The van der Waals surface area contributed by atoms with Crippen molar-refractivity contribution >= 4 is 11.7 Å². The van der Waals surface area contributed by atoms with E-state index >= 15 is 0 Å². The number of aromatic nitrogens is 1. The average Bonchev–Trinajstić information content (AvgIpc) is 2.80. The van der Waals surface area contributed by atoms with Gasteiger partial charge in [0.2, 0.25) is 0 Å². The van der Waals surface area contributed by atoms with Crippen LogP contribution < -0.4 is 5.32 Å². The molecule has 1 atom stereocenters. The van der Waals surface area contributed by atoms with Crippen LogP contribution >= 0.6 is 0 Å². The molecule has 0 radical (unpaired) electrons. The number of hydrogen-bond donors (Lipinski definition) is 1. The molecule has 5 heteroatoms. The van der Waals surface area contributed by atoms with Gasteiger partial charge in [-0.1, -0.05) is 0 Å². The molecule has 19 heavy (non-hydrogen) atoms. The molecule has 0 aliphatic carbocycles. The third-order valence-electron chi connectivity index (χ3n) is 3.75. The van der Waals surface area contributed by atoms with Gasteiger partial charge in [0.15, 0.2) is 5.78 Å². The molecule has 1 aliphatic rings. The van der Waals surface area contributed by atoms with E-state index in [1.165, 1.54) is 6.92 Å². The number of nitrogens with zero attached hydrogens (tertiary/aromatic N) is 2. The number of carbonyl (C=O) groups is 2. The van der Waals surface area contributed by atoms with Crippen molar-refractivity contribution in [2.45, 2.75) is 25.8 Å². The molecule has 2 heterocycles. The first-order valence-electron chi connectivity index (χ1n) is 6.66. The number of carbonyl (C=O) groups excluding carboxylic acids is 2. The van der Waals surface area contributed by atoms with Crippen molar-refractivity contribution in [3.05, 3.63) is 23.5 Å². The van der Waals surface area contributed by atoms with Crippen molar-refractivity contribution in [1.29, 1.82) is 0 Å². The van der Waals surface area contributed by atoms with Crippen molar-refractivity contribution in [2.75, 3.05) is 20.1 Å². The number of nitrogens with one attached hydrogen (secondary N) is 1. The summed E-state index contributed by atoms with van der Waals surface area (Å²) in [5, 5.41) is 3.22. The molecule has 1 amide bonds. The largest absolute Gasteiger partial charge is 0.346 e. The number of amides is 1. The van der Waals surface area contributed by atoms with E-state index in [9.17, 15) is 9.59 Å². The molecule has 0 bridgehead atoms. The fraction of sp³-hybridized carbons (Fsp3) is 0.571. The molecule has 2 rings (SSSR count). The zero-order valence-corrected chi connectivity index (χ0v) is 11.8. The van der Waals surface area contributed by atoms with E-state index in [-0.39, 0.29) is 11.7 Å². The summed E-state index contributed by atoms with van der Waals surface area (Å²) in [5.41, 5.74) is 1.18. The number of likely N-dealkylation sites (N-methyl/N-ethyl adjacent to an activating group) is 1. The summed E-state index contributed by atoms with van der Waals surface area (Å²) in [6, 6.07) is 2.05. The molecular weight excluding hydrogens is 242 g/mol. The van der Waals surface area contributed by atoms with E-state index in [0.717, 1.165) is 25.9 Å². The smallest absolute Gasteiger partial charge is 0.270 e. The van der Waals surface area contributed by atoms with Crippen LogP contribution in [-0.4, -0.2) is 47.3 Å². The monoisotopic (exact) mass is 263 g/mol. The Hall–Kier alpha value is -1.62. The van der Waals surface area contributed by atoms with Crippen LogP contribution in [0.5, 0.6) is 0 Å². The van der Waals surface area contributed by atoms with Gasteiger partial charge in [-0.05, 0) is 32.9 Å². The number of aryl methyl sites for hydroxylation is 1. The van der Waals surface area contributed by atoms with Crippen LogP contribution in [0.2, 0.25) is 0 Å². The molecular formula is C14H21N3O2. The van der Waals surface area contributed by atoms with Gasteiger partial charge in [0.25, 0.3) is 5.91 Å². The predicted octanol–water partition coefficient (Wildman–Crippen LogP) is 1.05. The Balaban J connectivity index is 2.17. The molecule has 1 aliphatic heterocycles. The first-order valence-corrected chi connectivity index (χ1v) is 6.66. The van der Waals surface area contributed by atoms with E-state index in [0.29, 0.717) is 17.3 Å². The number of rotatable bonds is 3. The Morgan fingerprint density at radius 1 is 1.42 bits per heavy atom. The fourth-order valence-electron chi connectivity index (χ4n) is 2.53. The minimum absolute atomic E-state index is 0.00921. The first-order chi connectivity index (χ1) is 9.02. The quantitative estimate of drug-likeness (QED) is 0.829. The SMILES string of the molecule is CNC1CCCN(C(=O)c2cc(C(C)=O)cn2C)C1. The van der Waals surface area contributed by atoms with Gasteiger partial charge in [0.1, 0.15) is 5.69 Å². The summed E-state index contributed by atoms with van der Waals surface area (Å²) in [6.45, 7) is 3.04. The molecule has 5 nitrogen and oxygen atoms in total. The molecule has 0 saturated carbocycles. The van der Waals surface area contributed by atoms with Gasteiger partial charge in [0, 0.05) is 37.9 Å². The maximum Gasteiger partial charge on any atom is 0.270 e. The van der Waals surface area contributed by atoms with Crippen LogP contribution in [0, 0.1) is 0 Å². The van der Waals surface area contributed by atoms with Crippen molar-refractivity contribution in [3.8, 4) is 0 Å². The van der Waals surface area contributed by atoms with Gasteiger partial charge < -0.3 is 14.8 Å². The number of piperidine rings is 1. The van der Waals surface area contributed by atoms with Crippen LogP contribution in [0.1, 0.15) is 40.6 Å². The third kappa shape index (κ3) is 2.87. The molecule has 1 saturated heterocycles. The number of Topliss-reactive ketones (excluding diaryl/α,β-unsaturated/α-hetero) is 1. The second-order valence-electron chi connectivity index (χ2n) is 5.16. The van der Waals surface area contributed by atoms with Crippen LogP contribution in [-0.2, 0) is 7.05 Å². The Bertz CT molecular complexity index is 493. The molecule has 1 unspecified atom stereocenters. The minimum Gasteiger partial charge on any atom is -0.346 e. The summed E-state index contributed by atoms with van der Waals surface area (Å²) >= 11 is 0. The maximum atomic E-state index is 12.5. The Labute approximate surface area is 113 Å². The predicted molar refractivity (Wildman–Crippen MR) is 73.4 cm³/mol. The van der Waals surface area contributed by atoms with Crippen molar-refractivity contribution in [1.82, 2.24) is 14.8 Å². The summed E-state index contributed by atoms with van der Waals surface area (Å²) in [6.07, 6.45) is 3.84. The molecule has 0 aromatic carbocycles. The molecule has 1 N–H and O–H groups in total. The zero-order valence-electron chi connectivity index (χ0n) is 11.8. The highest BCUT2D eigenvalue weighted by Gasteiger charge is 2.25. The van der Waals surface area contributed by atoms with Gasteiger partial charge in [-0.25, -0.2) is 0 Å². The Kier molecular flexibility index (Phi) is 4.04. The van der Waals surface area contributed by atoms with Crippen molar-refractivity contribution in [3.63, 3.8) is 0 Å². The summed E-state index contributed by atoms with van der Waals surface area (Å²) in [7, 11) is 3.73. The highest BCUT2D eigenvalue weighted by Crippen LogP contribution is 2.15. The number of likely N-dealkylation sites (tertiary alicyclic amines) is 1. The lowest BCUT2D eigenvalue weighted by Gasteiger charge is -2.32. The molecule has 1 fully saturated rings. The lowest BCUT2D eigenvalue weighted by Crippen LogP contribution is -2.47. The van der Waals surface area contributed by atoms with Gasteiger partial charge >= 0.3 is 0 Å². The van der Waals surface area contributed by atoms with Crippen LogP contribution in [0.25, 0.3) is 0 Å². The second-order valence-corrected chi connectivity index (χ2v) is 5.16. The van der Waals surface area contributed by atoms with Gasteiger partial charge in [0.05, 0.1) is 0 Å². The number of ketones is 1. The second kappa shape index (κ2) is 5.57. The molecule has 1 aromatic rings. The normalized spacial score (nSPS) is 19.5. The van der Waals surface area contributed by atoms with Gasteiger partial charge in [-0.2, -0.15) is 0 Å². The highest BCUT2D eigenvalue weighted by molar-refractivity contribution is 5.99. The van der Waals surface area contributed by atoms with Crippen molar-refractivity contribution < 1.29 is 9.59 Å².